The molecule has 0 fully saturated rings. The first-order chi connectivity index (χ1) is 4.70. The van der Waals surface area contributed by atoms with Crippen molar-refractivity contribution in [3.63, 3.8) is 0 Å². The third-order valence-corrected chi connectivity index (χ3v) is 1.73. The third kappa shape index (κ3) is 1.64. The van der Waals surface area contributed by atoms with Crippen LogP contribution in [0, 0.1) is 5.92 Å². The quantitative estimate of drug-likeness (QED) is 0.564. The predicted molar refractivity (Wildman–Crippen MR) is 42.0 cm³/mol. The van der Waals surface area contributed by atoms with Crippen molar-refractivity contribution >= 4 is 18.6 Å². The van der Waals surface area contributed by atoms with E-state index in [4.69, 9.17) is 5.11 Å². The van der Waals surface area contributed by atoms with E-state index in [0.717, 1.165) is 4.91 Å². The minimum atomic E-state index is -0.770. The molecule has 54 valence electrons. The van der Waals surface area contributed by atoms with Crippen LogP contribution >= 0.6 is 12.6 Å². The SMILES string of the molecule is O=C(O)C1C=CC(S)=CC1. The summed E-state index contributed by atoms with van der Waals surface area (Å²) in [6.07, 6.45) is 5.74. The van der Waals surface area contributed by atoms with Crippen molar-refractivity contribution in [2.24, 2.45) is 5.92 Å². The second-order valence-corrected chi connectivity index (χ2v) is 2.68. The van der Waals surface area contributed by atoms with Gasteiger partial charge in [0.2, 0.25) is 0 Å². The van der Waals surface area contributed by atoms with Crippen LogP contribution in [-0.2, 0) is 4.79 Å². The number of hydrogen-bond donors (Lipinski definition) is 2. The molecule has 0 aliphatic heterocycles. The van der Waals surface area contributed by atoms with Gasteiger partial charge in [0, 0.05) is 0 Å². The molecule has 0 saturated heterocycles. The smallest absolute Gasteiger partial charge is 0.310 e. The zero-order valence-corrected chi connectivity index (χ0v) is 6.21. The monoisotopic (exact) mass is 156 g/mol. The van der Waals surface area contributed by atoms with Crippen molar-refractivity contribution in [1.82, 2.24) is 0 Å². The number of carbonyl (C=O) groups is 1. The van der Waals surface area contributed by atoms with Gasteiger partial charge in [-0.25, -0.2) is 0 Å². The van der Waals surface area contributed by atoms with Gasteiger partial charge in [-0.3, -0.25) is 4.79 Å². The Morgan fingerprint density at radius 3 is 2.90 bits per heavy atom. The number of thiol groups is 1. The van der Waals surface area contributed by atoms with E-state index in [-0.39, 0.29) is 5.92 Å². The van der Waals surface area contributed by atoms with Crippen molar-refractivity contribution in [3.8, 4) is 0 Å². The maximum Gasteiger partial charge on any atom is 0.310 e. The summed E-state index contributed by atoms with van der Waals surface area (Å²) in [5.74, 6) is -1.12. The molecule has 0 radical (unpaired) electrons. The van der Waals surface area contributed by atoms with Gasteiger partial charge in [-0.05, 0) is 11.3 Å². The average molecular weight is 156 g/mol. The Hall–Kier alpha value is -0.700. The molecule has 1 aliphatic rings. The molecule has 0 spiro atoms. The number of carboxylic acids is 1. The molecule has 0 aromatic rings. The second-order valence-electron chi connectivity index (χ2n) is 2.17. The van der Waals surface area contributed by atoms with Gasteiger partial charge >= 0.3 is 5.97 Å². The fourth-order valence-electron chi connectivity index (χ4n) is 0.792. The van der Waals surface area contributed by atoms with E-state index >= 15 is 0 Å². The highest BCUT2D eigenvalue weighted by atomic mass is 32.1. The van der Waals surface area contributed by atoms with Gasteiger partial charge in [0.1, 0.15) is 0 Å². The van der Waals surface area contributed by atoms with Crippen molar-refractivity contribution in [2.75, 3.05) is 0 Å². The van der Waals surface area contributed by atoms with E-state index in [1.807, 2.05) is 6.08 Å². The van der Waals surface area contributed by atoms with Gasteiger partial charge in [-0.2, -0.15) is 0 Å². The number of hydrogen-bond acceptors (Lipinski definition) is 2. The lowest BCUT2D eigenvalue weighted by molar-refractivity contribution is -0.139. The molecule has 0 aromatic heterocycles. The van der Waals surface area contributed by atoms with Gasteiger partial charge in [0.25, 0.3) is 0 Å². The molecule has 0 aromatic carbocycles. The summed E-state index contributed by atoms with van der Waals surface area (Å²) < 4.78 is 0. The summed E-state index contributed by atoms with van der Waals surface area (Å²) in [5.41, 5.74) is 0. The van der Waals surface area contributed by atoms with Crippen LogP contribution in [0.5, 0.6) is 0 Å². The zero-order valence-electron chi connectivity index (χ0n) is 5.32. The van der Waals surface area contributed by atoms with Gasteiger partial charge in [-0.1, -0.05) is 18.2 Å². The molecule has 0 amide bonds. The van der Waals surface area contributed by atoms with Crippen molar-refractivity contribution < 1.29 is 9.90 Å². The maximum absolute atomic E-state index is 10.4. The van der Waals surface area contributed by atoms with Crippen molar-refractivity contribution in [1.29, 1.82) is 0 Å². The van der Waals surface area contributed by atoms with E-state index in [1.54, 1.807) is 12.2 Å². The number of allylic oxidation sites excluding steroid dienone is 2. The first kappa shape index (κ1) is 7.41. The topological polar surface area (TPSA) is 37.3 Å². The van der Waals surface area contributed by atoms with Crippen LogP contribution in [0.4, 0.5) is 0 Å². The summed E-state index contributed by atoms with van der Waals surface area (Å²) in [6.45, 7) is 0. The van der Waals surface area contributed by atoms with Crippen LogP contribution in [0.2, 0.25) is 0 Å². The minimum Gasteiger partial charge on any atom is -0.481 e. The largest absolute Gasteiger partial charge is 0.481 e. The molecule has 1 N–H and O–H groups in total. The van der Waals surface area contributed by atoms with E-state index < -0.39 is 5.97 Å². The van der Waals surface area contributed by atoms with Crippen molar-refractivity contribution in [2.45, 2.75) is 6.42 Å². The Kier molecular flexibility index (Phi) is 2.17. The lowest BCUT2D eigenvalue weighted by Gasteiger charge is -2.07. The number of aliphatic carboxylic acids is 1. The van der Waals surface area contributed by atoms with Crippen LogP contribution in [0.25, 0.3) is 0 Å². The standard InChI is InChI=1S/C7H8O2S/c8-7(9)5-1-3-6(10)4-2-5/h1,3-5,10H,2H2,(H,8,9). The van der Waals surface area contributed by atoms with E-state index in [9.17, 15) is 4.79 Å². The normalized spacial score (nSPS) is 24.1. The van der Waals surface area contributed by atoms with Gasteiger partial charge in [0.05, 0.1) is 5.92 Å². The molecule has 0 saturated carbocycles. The highest BCUT2D eigenvalue weighted by Crippen LogP contribution is 2.17. The number of carboxylic acid groups (broad SMARTS) is 1. The second kappa shape index (κ2) is 2.92. The molecule has 1 aliphatic carbocycles. The fraction of sp³-hybridized carbons (Fsp3) is 0.286. The predicted octanol–water partition coefficient (Wildman–Crippen LogP) is 1.46. The zero-order chi connectivity index (χ0) is 7.56. The van der Waals surface area contributed by atoms with Gasteiger partial charge in [0.15, 0.2) is 0 Å². The van der Waals surface area contributed by atoms with Crippen LogP contribution in [0.15, 0.2) is 23.1 Å². The molecule has 1 rings (SSSR count). The first-order valence-corrected chi connectivity index (χ1v) is 3.45. The highest BCUT2D eigenvalue weighted by molar-refractivity contribution is 7.84. The van der Waals surface area contributed by atoms with Crippen LogP contribution < -0.4 is 0 Å². The lowest BCUT2D eigenvalue weighted by atomic mass is 10.0. The van der Waals surface area contributed by atoms with Crippen LogP contribution in [0.3, 0.4) is 0 Å². The Labute approximate surface area is 64.7 Å². The molecular weight excluding hydrogens is 148 g/mol. The molecule has 0 heterocycles. The Morgan fingerprint density at radius 2 is 2.50 bits per heavy atom. The molecular formula is C7H8O2S. The number of rotatable bonds is 1. The fourth-order valence-corrected chi connectivity index (χ4v) is 0.984. The molecule has 1 unspecified atom stereocenters. The third-order valence-electron chi connectivity index (χ3n) is 1.40. The summed E-state index contributed by atoms with van der Waals surface area (Å²) in [4.78, 5) is 11.2. The summed E-state index contributed by atoms with van der Waals surface area (Å²) in [5, 5.41) is 8.52. The van der Waals surface area contributed by atoms with Crippen LogP contribution in [0.1, 0.15) is 6.42 Å². The Balaban J connectivity index is 2.60. The maximum atomic E-state index is 10.4. The van der Waals surface area contributed by atoms with Crippen molar-refractivity contribution in [3.05, 3.63) is 23.1 Å². The highest BCUT2D eigenvalue weighted by Gasteiger charge is 2.14. The van der Waals surface area contributed by atoms with E-state index in [0.29, 0.717) is 6.42 Å². The molecule has 0 bridgehead atoms. The molecule has 1 atom stereocenters. The van der Waals surface area contributed by atoms with E-state index in [1.165, 1.54) is 0 Å². The van der Waals surface area contributed by atoms with Gasteiger partial charge in [-0.15, -0.1) is 12.6 Å². The summed E-state index contributed by atoms with van der Waals surface area (Å²) >= 11 is 4.05. The molecule has 3 heteroatoms. The average Bonchev–Trinajstić information content (AvgIpc) is 1.88. The van der Waals surface area contributed by atoms with E-state index in [2.05, 4.69) is 12.6 Å². The Bertz CT molecular complexity index is 206. The molecule has 10 heavy (non-hydrogen) atoms. The summed E-state index contributed by atoms with van der Waals surface area (Å²) in [7, 11) is 0. The van der Waals surface area contributed by atoms with Gasteiger partial charge < -0.3 is 5.11 Å². The minimum absolute atomic E-state index is 0.351. The first-order valence-electron chi connectivity index (χ1n) is 3.00. The lowest BCUT2D eigenvalue weighted by Crippen LogP contribution is -2.11. The molecule has 2 nitrogen and oxygen atoms in total. The summed E-state index contributed by atoms with van der Waals surface area (Å²) in [6, 6.07) is 0. The Morgan fingerprint density at radius 1 is 1.80 bits per heavy atom. The van der Waals surface area contributed by atoms with Crippen LogP contribution in [-0.4, -0.2) is 11.1 Å².